The highest BCUT2D eigenvalue weighted by molar-refractivity contribution is 6.01. The number of aromatic hydroxyl groups is 1. The van der Waals surface area contributed by atoms with E-state index in [9.17, 15) is 9.90 Å². The van der Waals surface area contributed by atoms with Crippen molar-refractivity contribution >= 4 is 11.6 Å². The molecule has 2 atom stereocenters. The lowest BCUT2D eigenvalue weighted by atomic mass is 9.78. The minimum Gasteiger partial charge on any atom is -0.507 e. The molecule has 0 unspecified atom stereocenters. The van der Waals surface area contributed by atoms with Gasteiger partial charge in [-0.2, -0.15) is 0 Å². The summed E-state index contributed by atoms with van der Waals surface area (Å²) < 4.78 is 5.76. The third kappa shape index (κ3) is 6.32. The van der Waals surface area contributed by atoms with Crippen LogP contribution in [0.15, 0.2) is 42.5 Å². The second-order valence-corrected chi connectivity index (χ2v) is 11.8. The van der Waals surface area contributed by atoms with Crippen LogP contribution in [0.25, 0.3) is 0 Å². The molecule has 0 spiro atoms. The Labute approximate surface area is 211 Å². The number of nitrogens with one attached hydrogen (secondary N) is 1. The third-order valence-corrected chi connectivity index (χ3v) is 6.93. The second kappa shape index (κ2) is 10.5. The number of benzene rings is 2. The first kappa shape index (κ1) is 26.9. The first-order valence-corrected chi connectivity index (χ1v) is 12.7. The highest BCUT2D eigenvalue weighted by Crippen LogP contribution is 2.40. The lowest BCUT2D eigenvalue weighted by Crippen LogP contribution is -2.33. The van der Waals surface area contributed by atoms with Crippen molar-refractivity contribution in [3.8, 4) is 5.75 Å². The van der Waals surface area contributed by atoms with Crippen LogP contribution in [0.3, 0.4) is 0 Å². The van der Waals surface area contributed by atoms with Gasteiger partial charge in [0.15, 0.2) is 5.78 Å². The quantitative estimate of drug-likeness (QED) is 0.458. The van der Waals surface area contributed by atoms with Crippen LogP contribution in [0.2, 0.25) is 0 Å². The minimum absolute atomic E-state index is 0.0202. The standard InChI is InChI=1S/C30H42N2O3/c1-8-35-19-22-17-32(28(31)23(22)14-20-12-10-9-11-13-20)18-26(33)21-15-24(29(2,3)4)27(34)25(16-21)30(5,6)7/h9-13,15-16,22-23,31,34H,8,14,17-19H2,1-7H3/t22-,23-/m1/s1. The summed E-state index contributed by atoms with van der Waals surface area (Å²) in [6.45, 7) is 16.3. The summed E-state index contributed by atoms with van der Waals surface area (Å²) >= 11 is 0. The molecule has 0 saturated carbocycles. The Kier molecular flexibility index (Phi) is 8.10. The fourth-order valence-corrected chi connectivity index (χ4v) is 4.89. The molecule has 0 bridgehead atoms. The Hall–Kier alpha value is -2.66. The van der Waals surface area contributed by atoms with Crippen LogP contribution in [0.5, 0.6) is 5.75 Å². The van der Waals surface area contributed by atoms with Gasteiger partial charge >= 0.3 is 0 Å². The van der Waals surface area contributed by atoms with Crippen LogP contribution in [0.1, 0.15) is 75.5 Å². The van der Waals surface area contributed by atoms with Crippen LogP contribution in [-0.2, 0) is 22.0 Å². The van der Waals surface area contributed by atoms with Crippen molar-refractivity contribution in [3.63, 3.8) is 0 Å². The molecule has 1 aliphatic rings. The molecule has 0 aromatic heterocycles. The van der Waals surface area contributed by atoms with Gasteiger partial charge < -0.3 is 14.7 Å². The maximum Gasteiger partial charge on any atom is 0.182 e. The molecular weight excluding hydrogens is 436 g/mol. The monoisotopic (exact) mass is 478 g/mol. The van der Waals surface area contributed by atoms with Crippen LogP contribution >= 0.6 is 0 Å². The van der Waals surface area contributed by atoms with Crippen molar-refractivity contribution in [2.75, 3.05) is 26.3 Å². The van der Waals surface area contributed by atoms with Gasteiger partial charge in [0, 0.05) is 41.7 Å². The van der Waals surface area contributed by atoms with Gasteiger partial charge in [-0.3, -0.25) is 10.2 Å². The number of ether oxygens (including phenoxy) is 1. The molecule has 35 heavy (non-hydrogen) atoms. The van der Waals surface area contributed by atoms with E-state index in [-0.39, 0.29) is 40.7 Å². The topological polar surface area (TPSA) is 73.6 Å². The number of rotatable bonds is 8. The number of phenols is 1. The fraction of sp³-hybridized carbons (Fsp3) is 0.533. The summed E-state index contributed by atoms with van der Waals surface area (Å²) in [6, 6.07) is 13.9. The Morgan fingerprint density at radius 3 is 2.14 bits per heavy atom. The van der Waals surface area contributed by atoms with Crippen LogP contribution in [-0.4, -0.2) is 47.9 Å². The third-order valence-electron chi connectivity index (χ3n) is 6.93. The minimum atomic E-state index is -0.301. The van der Waals surface area contributed by atoms with Crippen molar-refractivity contribution in [1.29, 1.82) is 5.41 Å². The number of phenolic OH excluding ortho intramolecular Hbond substituents is 1. The van der Waals surface area contributed by atoms with Crippen molar-refractivity contribution in [2.45, 2.75) is 65.7 Å². The van der Waals surface area contributed by atoms with Gasteiger partial charge in [0.05, 0.1) is 13.2 Å². The summed E-state index contributed by atoms with van der Waals surface area (Å²) in [7, 11) is 0. The van der Waals surface area contributed by atoms with Crippen LogP contribution < -0.4 is 0 Å². The van der Waals surface area contributed by atoms with Gasteiger partial charge in [0.2, 0.25) is 0 Å². The molecule has 2 aromatic rings. The molecule has 2 N–H and O–H groups in total. The summed E-state index contributed by atoms with van der Waals surface area (Å²) in [5.41, 5.74) is 2.74. The summed E-state index contributed by atoms with van der Waals surface area (Å²) in [5.74, 6) is 0.951. The van der Waals surface area contributed by atoms with Gasteiger partial charge in [-0.25, -0.2) is 0 Å². The molecule has 0 radical (unpaired) electrons. The Morgan fingerprint density at radius 2 is 1.63 bits per heavy atom. The molecule has 3 rings (SSSR count). The Bertz CT molecular complexity index is 1010. The van der Waals surface area contributed by atoms with E-state index in [0.717, 1.165) is 17.5 Å². The lowest BCUT2D eigenvalue weighted by Gasteiger charge is -2.28. The molecule has 0 aliphatic carbocycles. The van der Waals surface area contributed by atoms with Crippen molar-refractivity contribution in [1.82, 2.24) is 4.90 Å². The highest BCUT2D eigenvalue weighted by atomic mass is 16.5. The molecular formula is C30H42N2O3. The molecule has 2 aromatic carbocycles. The second-order valence-electron chi connectivity index (χ2n) is 11.8. The molecule has 0 amide bonds. The molecule has 5 heteroatoms. The van der Waals surface area contributed by atoms with Crippen molar-refractivity contribution in [3.05, 3.63) is 64.7 Å². The molecule has 1 saturated heterocycles. The van der Waals surface area contributed by atoms with E-state index in [0.29, 0.717) is 31.2 Å². The van der Waals surface area contributed by atoms with E-state index in [1.807, 2.05) is 83.7 Å². The van der Waals surface area contributed by atoms with E-state index < -0.39 is 0 Å². The number of amidine groups is 1. The van der Waals surface area contributed by atoms with Crippen LogP contribution in [0.4, 0.5) is 0 Å². The molecule has 5 nitrogen and oxygen atoms in total. The zero-order valence-electron chi connectivity index (χ0n) is 22.4. The number of nitrogens with zero attached hydrogens (tertiary/aromatic N) is 1. The van der Waals surface area contributed by atoms with Gasteiger partial charge in [0.25, 0.3) is 0 Å². The van der Waals surface area contributed by atoms with Crippen molar-refractivity contribution in [2.24, 2.45) is 11.8 Å². The first-order valence-electron chi connectivity index (χ1n) is 12.7. The van der Waals surface area contributed by atoms with E-state index in [2.05, 4.69) is 12.1 Å². The number of carbonyl (C=O) groups excluding carboxylic acids is 1. The van der Waals surface area contributed by atoms with Crippen molar-refractivity contribution < 1.29 is 14.6 Å². The van der Waals surface area contributed by atoms with Crippen LogP contribution in [0, 0.1) is 17.2 Å². The predicted octanol–water partition coefficient (Wildman–Crippen LogP) is 5.97. The van der Waals surface area contributed by atoms with E-state index in [1.54, 1.807) is 0 Å². The number of hydrogen-bond acceptors (Lipinski definition) is 4. The predicted molar refractivity (Wildman–Crippen MR) is 143 cm³/mol. The molecule has 1 fully saturated rings. The first-order chi connectivity index (χ1) is 16.3. The number of hydrogen-bond donors (Lipinski definition) is 2. The maximum atomic E-state index is 13.6. The number of carbonyl (C=O) groups is 1. The van der Waals surface area contributed by atoms with Gasteiger partial charge in [-0.1, -0.05) is 71.9 Å². The van der Waals surface area contributed by atoms with E-state index in [4.69, 9.17) is 10.1 Å². The SMILES string of the molecule is CCOC[C@H]1CN(CC(=O)c2cc(C(C)(C)C)c(O)c(C(C)(C)C)c2)C(=N)[C@@H]1Cc1ccccc1. The molecule has 190 valence electrons. The number of ketones is 1. The smallest absolute Gasteiger partial charge is 0.182 e. The van der Waals surface area contributed by atoms with E-state index >= 15 is 0 Å². The highest BCUT2D eigenvalue weighted by Gasteiger charge is 2.38. The average molecular weight is 479 g/mol. The Morgan fingerprint density at radius 1 is 1.06 bits per heavy atom. The fourth-order valence-electron chi connectivity index (χ4n) is 4.89. The van der Waals surface area contributed by atoms with E-state index in [1.165, 1.54) is 5.56 Å². The lowest BCUT2D eigenvalue weighted by molar-refractivity contribution is 0.0915. The summed E-state index contributed by atoms with van der Waals surface area (Å²) in [6.07, 6.45) is 0.768. The summed E-state index contributed by atoms with van der Waals surface area (Å²) in [4.78, 5) is 15.5. The number of Topliss-reactive ketones (excluding diaryl/α,β-unsaturated/α-hetero) is 1. The molecule has 1 heterocycles. The van der Waals surface area contributed by atoms with Gasteiger partial charge in [-0.15, -0.1) is 0 Å². The zero-order chi connectivity index (χ0) is 26.0. The number of likely N-dealkylation sites (tertiary alicyclic amines) is 1. The van der Waals surface area contributed by atoms with Gasteiger partial charge in [0.1, 0.15) is 11.6 Å². The normalized spacial score (nSPS) is 18.8. The maximum absolute atomic E-state index is 13.6. The average Bonchev–Trinajstić information content (AvgIpc) is 3.05. The largest absolute Gasteiger partial charge is 0.507 e. The Balaban J connectivity index is 1.87. The zero-order valence-corrected chi connectivity index (χ0v) is 22.4. The molecule has 1 aliphatic heterocycles. The summed E-state index contributed by atoms with van der Waals surface area (Å²) in [5, 5.41) is 19.9. The van der Waals surface area contributed by atoms with Gasteiger partial charge in [-0.05, 0) is 41.9 Å².